The molecule has 0 amide bonds. The zero-order chi connectivity index (χ0) is 12.1. The fraction of sp³-hybridized carbons (Fsp3) is 0.467. The third-order valence-corrected chi connectivity index (χ3v) is 3.80. The van der Waals surface area contributed by atoms with E-state index in [1.807, 2.05) is 0 Å². The maximum Gasteiger partial charge on any atom is 2.00 e. The molecule has 2 nitrogen and oxygen atoms in total. The average molecular weight is 394 g/mol. The van der Waals surface area contributed by atoms with Crippen molar-refractivity contribution in [3.63, 3.8) is 0 Å². The van der Waals surface area contributed by atoms with Gasteiger partial charge in [-0.25, -0.2) is 0 Å². The van der Waals surface area contributed by atoms with Crippen LogP contribution in [0.2, 0.25) is 0 Å². The zero-order valence-electron chi connectivity index (χ0n) is 11.4. The van der Waals surface area contributed by atoms with Gasteiger partial charge in [-0.2, -0.15) is 0 Å². The molecule has 0 aromatic heterocycles. The molecule has 110 valence electrons. The van der Waals surface area contributed by atoms with Crippen molar-refractivity contribution in [3.05, 3.63) is 47.6 Å². The summed E-state index contributed by atoms with van der Waals surface area (Å²) in [6.07, 6.45) is 16.0. The summed E-state index contributed by atoms with van der Waals surface area (Å²) >= 11 is 0. The zero-order valence-corrected chi connectivity index (χ0v) is 15.3. The van der Waals surface area contributed by atoms with E-state index >= 15 is 0 Å². The van der Waals surface area contributed by atoms with Gasteiger partial charge in [-0.3, -0.25) is 0 Å². The van der Waals surface area contributed by atoms with Crippen molar-refractivity contribution in [1.82, 2.24) is 0 Å². The van der Waals surface area contributed by atoms with Crippen LogP contribution in [0.4, 0.5) is 0 Å². The Hall–Kier alpha value is 0.343. The summed E-state index contributed by atoms with van der Waals surface area (Å²) in [6, 6.07) is 0. The number of hydrogen-bond donors (Lipinski definition) is 2. The number of allylic oxidation sites excluding steroid dienone is 6. The first kappa shape index (κ1) is 22.6. The van der Waals surface area contributed by atoms with Crippen molar-refractivity contribution >= 4 is 0 Å². The summed E-state index contributed by atoms with van der Waals surface area (Å²) in [4.78, 5) is 0. The van der Waals surface area contributed by atoms with E-state index in [1.165, 1.54) is 11.1 Å². The summed E-state index contributed by atoms with van der Waals surface area (Å²) in [6.45, 7) is 0.317. The molecule has 5 heteroatoms. The minimum atomic E-state index is -0.254. The minimum absolute atomic E-state index is 0. The first-order valence-corrected chi connectivity index (χ1v) is 6.27. The quantitative estimate of drug-likeness (QED) is 0.491. The molecule has 0 spiro atoms. The molecule has 2 aliphatic rings. The van der Waals surface area contributed by atoms with E-state index in [4.69, 9.17) is 5.11 Å². The van der Waals surface area contributed by atoms with Gasteiger partial charge in [-0.15, -0.1) is 0 Å². The largest absolute Gasteiger partial charge is 2.00 e. The van der Waals surface area contributed by atoms with Crippen molar-refractivity contribution < 1.29 is 61.2 Å². The SMILES string of the molecule is OCCCC(CO)(C1=CC=CC1)C1=CC=CC1.[Cl-].[Cl-].[Zr+2]. The van der Waals surface area contributed by atoms with Gasteiger partial charge in [0.05, 0.1) is 6.61 Å². The predicted molar refractivity (Wildman–Crippen MR) is 69.5 cm³/mol. The first-order chi connectivity index (χ1) is 8.33. The molecule has 0 fully saturated rings. The second kappa shape index (κ2) is 11.0. The molecule has 0 unspecified atom stereocenters. The number of rotatable bonds is 6. The van der Waals surface area contributed by atoms with Gasteiger partial charge in [0, 0.05) is 12.0 Å². The van der Waals surface area contributed by atoms with Crippen LogP contribution in [0.1, 0.15) is 25.7 Å². The monoisotopic (exact) mass is 392 g/mol. The third kappa shape index (κ3) is 4.68. The van der Waals surface area contributed by atoms with E-state index in [0.29, 0.717) is 0 Å². The maximum absolute atomic E-state index is 9.91. The molecule has 0 saturated carbocycles. The van der Waals surface area contributed by atoms with E-state index in [1.54, 1.807) is 0 Å². The van der Waals surface area contributed by atoms with Crippen LogP contribution in [-0.2, 0) is 26.2 Å². The molecule has 0 aliphatic heterocycles. The van der Waals surface area contributed by atoms with E-state index in [-0.39, 0.29) is 69.6 Å². The Morgan fingerprint density at radius 2 is 1.45 bits per heavy atom. The van der Waals surface area contributed by atoms with Crippen molar-refractivity contribution in [3.8, 4) is 0 Å². The Balaban J connectivity index is 0. The van der Waals surface area contributed by atoms with Gasteiger partial charge in [0.25, 0.3) is 0 Å². The molecule has 0 heterocycles. The average Bonchev–Trinajstić information content (AvgIpc) is 3.04. The first-order valence-electron chi connectivity index (χ1n) is 6.27. The van der Waals surface area contributed by atoms with Crippen LogP contribution in [0.15, 0.2) is 47.6 Å². The molecule has 0 bridgehead atoms. The number of halogens is 2. The Kier molecular flexibility index (Phi) is 12.4. The second-order valence-corrected chi connectivity index (χ2v) is 4.72. The fourth-order valence-corrected chi connectivity index (χ4v) is 2.79. The summed E-state index contributed by atoms with van der Waals surface area (Å²) in [7, 11) is 0. The van der Waals surface area contributed by atoms with Gasteiger partial charge >= 0.3 is 26.2 Å². The molecule has 0 aromatic carbocycles. The molecule has 0 aromatic rings. The fourth-order valence-electron chi connectivity index (χ4n) is 2.79. The summed E-state index contributed by atoms with van der Waals surface area (Å²) in [5.74, 6) is 0. The number of aliphatic hydroxyl groups excluding tert-OH is 2. The molecule has 0 atom stereocenters. The van der Waals surface area contributed by atoms with Crippen LogP contribution >= 0.6 is 0 Å². The van der Waals surface area contributed by atoms with E-state index < -0.39 is 0 Å². The van der Waals surface area contributed by atoms with Gasteiger partial charge in [-0.05, 0) is 25.7 Å². The van der Waals surface area contributed by atoms with Crippen molar-refractivity contribution in [2.45, 2.75) is 25.7 Å². The Labute approximate surface area is 152 Å². The Bertz CT molecular complexity index is 371. The van der Waals surface area contributed by atoms with Crippen molar-refractivity contribution in [1.29, 1.82) is 0 Å². The molecule has 20 heavy (non-hydrogen) atoms. The molecule has 2 aliphatic carbocycles. The minimum Gasteiger partial charge on any atom is -1.00 e. The normalized spacial score (nSPS) is 15.9. The van der Waals surface area contributed by atoms with Gasteiger partial charge in [0.1, 0.15) is 0 Å². The summed E-state index contributed by atoms with van der Waals surface area (Å²) < 4.78 is 0. The van der Waals surface area contributed by atoms with E-state index in [0.717, 1.165) is 25.7 Å². The van der Waals surface area contributed by atoms with Crippen molar-refractivity contribution in [2.24, 2.45) is 5.41 Å². The Morgan fingerprint density at radius 3 is 1.75 bits per heavy atom. The molecule has 2 N–H and O–H groups in total. The van der Waals surface area contributed by atoms with Crippen LogP contribution in [0.5, 0.6) is 0 Å². The smallest absolute Gasteiger partial charge is 1.00 e. The van der Waals surface area contributed by atoms with Crippen LogP contribution in [0.25, 0.3) is 0 Å². The third-order valence-electron chi connectivity index (χ3n) is 3.80. The van der Waals surface area contributed by atoms with Crippen LogP contribution in [0.3, 0.4) is 0 Å². The standard InChI is InChI=1S/C15H20O2.2ClH.Zr/c16-11-5-10-15(12-17,13-6-1-2-7-13)14-8-3-4-9-14;;;/h1-4,6,8,16-17H,5,7,9-12H2;2*1H;/q;;;+2/p-2. The van der Waals surface area contributed by atoms with E-state index in [9.17, 15) is 5.11 Å². The van der Waals surface area contributed by atoms with Gasteiger partial charge < -0.3 is 35.0 Å². The summed E-state index contributed by atoms with van der Waals surface area (Å²) in [5.41, 5.74) is 2.31. The molecular weight excluding hydrogens is 374 g/mol. The van der Waals surface area contributed by atoms with E-state index in [2.05, 4.69) is 36.5 Å². The topological polar surface area (TPSA) is 40.5 Å². The predicted octanol–water partition coefficient (Wildman–Crippen LogP) is -3.48. The van der Waals surface area contributed by atoms with Crippen LogP contribution in [-0.4, -0.2) is 23.4 Å². The van der Waals surface area contributed by atoms with Crippen molar-refractivity contribution in [2.75, 3.05) is 13.2 Å². The number of hydrogen-bond acceptors (Lipinski definition) is 2. The Morgan fingerprint density at radius 1 is 0.950 bits per heavy atom. The van der Waals surface area contributed by atoms with Crippen LogP contribution in [0, 0.1) is 5.41 Å². The van der Waals surface area contributed by atoms with Gasteiger partial charge in [-0.1, -0.05) is 47.6 Å². The van der Waals surface area contributed by atoms with Gasteiger partial charge in [0.15, 0.2) is 0 Å². The molecular formula is C15H20Cl2O2Zr. The van der Waals surface area contributed by atoms with Gasteiger partial charge in [0.2, 0.25) is 0 Å². The second-order valence-electron chi connectivity index (χ2n) is 4.72. The maximum atomic E-state index is 9.91. The van der Waals surface area contributed by atoms with Crippen LogP contribution < -0.4 is 24.8 Å². The molecule has 0 radical (unpaired) electrons. The number of aliphatic hydroxyl groups is 2. The molecule has 0 saturated heterocycles. The summed E-state index contributed by atoms with van der Waals surface area (Å²) in [5, 5.41) is 19.0. The molecule has 2 rings (SSSR count).